The number of amides is 2. The van der Waals surface area contributed by atoms with Crippen LogP contribution < -0.4 is 11.1 Å². The number of benzene rings is 1. The van der Waals surface area contributed by atoms with Crippen LogP contribution in [0.3, 0.4) is 0 Å². The number of H-pyrrole nitrogens is 1. The van der Waals surface area contributed by atoms with Gasteiger partial charge in [0.05, 0.1) is 12.8 Å². The number of hydrogen-bond donors (Lipinski definition) is 5. The number of thioether (sulfide) groups is 2. The molecule has 2 amide bonds. The lowest BCUT2D eigenvalue weighted by molar-refractivity contribution is -0.150. The Kier molecular flexibility index (Phi) is 6.50. The number of carboxylic acid groups (broad SMARTS) is 1. The van der Waals surface area contributed by atoms with Gasteiger partial charge in [-0.2, -0.15) is 10.3 Å². The van der Waals surface area contributed by atoms with Gasteiger partial charge in [0.2, 0.25) is 5.91 Å². The van der Waals surface area contributed by atoms with E-state index in [-0.39, 0.29) is 12.3 Å². The first-order chi connectivity index (χ1) is 15.4. The van der Waals surface area contributed by atoms with Crippen LogP contribution in [0.2, 0.25) is 0 Å². The fraction of sp³-hybridized carbons (Fsp3) is 0.316. The number of carboxylic acids is 1. The minimum atomic E-state index is -1.19. The average molecular weight is 477 g/mol. The zero-order chi connectivity index (χ0) is 22.8. The highest BCUT2D eigenvalue weighted by molar-refractivity contribution is 8.01. The molecule has 2 aliphatic heterocycles. The molecule has 3 heterocycles. The Morgan fingerprint density at radius 3 is 2.75 bits per heavy atom. The monoisotopic (exact) mass is 476 g/mol. The molecule has 2 aromatic rings. The number of nitrogens with zero attached hydrogens (tertiary/aromatic N) is 3. The Morgan fingerprint density at radius 1 is 1.38 bits per heavy atom. The summed E-state index contributed by atoms with van der Waals surface area (Å²) in [6, 6.07) is 4.77. The third kappa shape index (κ3) is 4.24. The summed E-state index contributed by atoms with van der Waals surface area (Å²) >= 11 is 2.71. The van der Waals surface area contributed by atoms with Crippen molar-refractivity contribution in [1.29, 1.82) is 0 Å². The van der Waals surface area contributed by atoms with Crippen molar-refractivity contribution in [2.75, 3.05) is 11.5 Å². The summed E-state index contributed by atoms with van der Waals surface area (Å²) in [5, 5.41) is 31.7. The second-order valence-electron chi connectivity index (χ2n) is 7.13. The zero-order valence-corrected chi connectivity index (χ0v) is 18.2. The van der Waals surface area contributed by atoms with Crippen molar-refractivity contribution >= 4 is 41.3 Å². The van der Waals surface area contributed by atoms with E-state index in [1.54, 1.807) is 24.3 Å². The van der Waals surface area contributed by atoms with Crippen LogP contribution in [0, 0.1) is 0 Å². The molecule has 32 heavy (non-hydrogen) atoms. The first kappa shape index (κ1) is 22.3. The standard InChI is InChI=1S/C19H20N6O5S2/c20-13(10-3-1-9(6-26)2-4-10)16(27)22-14-17(28)25-15(19(29)30)11(8-32-18(14)25)7-31-12-5-21-24-23-12/h1-5,13-14,18,26H,6-8,20H2,(H,22,27)(H,29,30)(H,21,23,24)/t13?,14?,18-/m1/s1. The Labute approximate surface area is 190 Å². The molecule has 4 rings (SSSR count). The van der Waals surface area contributed by atoms with Crippen molar-refractivity contribution in [2.45, 2.75) is 29.1 Å². The van der Waals surface area contributed by atoms with Gasteiger partial charge < -0.3 is 21.3 Å². The van der Waals surface area contributed by atoms with E-state index in [0.29, 0.717) is 33.2 Å². The molecule has 3 atom stereocenters. The van der Waals surface area contributed by atoms with Gasteiger partial charge >= 0.3 is 5.97 Å². The fourth-order valence-electron chi connectivity index (χ4n) is 3.44. The molecule has 0 radical (unpaired) electrons. The number of aliphatic carboxylic acids is 1. The summed E-state index contributed by atoms with van der Waals surface area (Å²) in [7, 11) is 0. The molecule has 1 aromatic heterocycles. The van der Waals surface area contributed by atoms with Crippen molar-refractivity contribution in [1.82, 2.24) is 25.6 Å². The number of carbonyl (C=O) groups is 3. The molecule has 0 aliphatic carbocycles. The highest BCUT2D eigenvalue weighted by atomic mass is 32.2. The Morgan fingerprint density at radius 2 is 2.12 bits per heavy atom. The number of β-lactam (4-membered cyclic amide) rings is 1. The zero-order valence-electron chi connectivity index (χ0n) is 16.6. The topological polar surface area (TPSA) is 175 Å². The third-order valence-corrected chi connectivity index (χ3v) is 7.46. The predicted molar refractivity (Wildman–Crippen MR) is 116 cm³/mol. The van der Waals surface area contributed by atoms with E-state index in [9.17, 15) is 19.5 Å². The average Bonchev–Trinajstić information content (AvgIpc) is 3.33. The lowest BCUT2D eigenvalue weighted by atomic mass is 10.0. The Balaban J connectivity index is 1.44. The summed E-state index contributed by atoms with van der Waals surface area (Å²) in [4.78, 5) is 38.5. The summed E-state index contributed by atoms with van der Waals surface area (Å²) < 4.78 is 0. The molecule has 1 fully saturated rings. The van der Waals surface area contributed by atoms with Gasteiger partial charge in [-0.1, -0.05) is 36.0 Å². The molecule has 0 saturated carbocycles. The molecular formula is C19H20N6O5S2. The van der Waals surface area contributed by atoms with Crippen LogP contribution in [-0.4, -0.2) is 71.2 Å². The summed E-state index contributed by atoms with van der Waals surface area (Å²) in [5.41, 5.74) is 7.81. The lowest BCUT2D eigenvalue weighted by Gasteiger charge is -2.49. The number of nitrogens with one attached hydrogen (secondary N) is 2. The molecule has 0 bridgehead atoms. The summed E-state index contributed by atoms with van der Waals surface area (Å²) in [6.45, 7) is -0.120. The van der Waals surface area contributed by atoms with Crippen LogP contribution in [0.4, 0.5) is 0 Å². The Bertz CT molecular complexity index is 1060. The number of nitrogens with two attached hydrogens (primary N) is 1. The number of aromatic nitrogens is 3. The van der Waals surface area contributed by atoms with Crippen molar-refractivity contribution in [2.24, 2.45) is 5.73 Å². The van der Waals surface area contributed by atoms with E-state index in [0.717, 1.165) is 0 Å². The largest absolute Gasteiger partial charge is 0.477 e. The van der Waals surface area contributed by atoms with Gasteiger partial charge in [-0.15, -0.1) is 16.9 Å². The van der Waals surface area contributed by atoms with Crippen molar-refractivity contribution in [3.8, 4) is 0 Å². The quantitative estimate of drug-likeness (QED) is 0.254. The molecule has 6 N–H and O–H groups in total. The second-order valence-corrected chi connectivity index (χ2v) is 9.23. The van der Waals surface area contributed by atoms with Crippen molar-refractivity contribution in [3.63, 3.8) is 0 Å². The summed E-state index contributed by atoms with van der Waals surface area (Å²) in [5.74, 6) is -1.45. The van der Waals surface area contributed by atoms with E-state index in [4.69, 9.17) is 10.8 Å². The number of rotatable bonds is 8. The number of fused-ring (bicyclic) bond motifs is 1. The van der Waals surface area contributed by atoms with Crippen molar-refractivity contribution < 1.29 is 24.6 Å². The van der Waals surface area contributed by atoms with Crippen LogP contribution in [0.5, 0.6) is 0 Å². The fourth-order valence-corrected chi connectivity index (χ4v) is 5.71. The second kappa shape index (κ2) is 9.32. The van der Waals surface area contributed by atoms with Crippen molar-refractivity contribution in [3.05, 3.63) is 52.9 Å². The maximum absolute atomic E-state index is 12.8. The molecule has 1 saturated heterocycles. The molecule has 2 unspecified atom stereocenters. The minimum absolute atomic E-state index is 0.0517. The van der Waals surface area contributed by atoms with E-state index in [2.05, 4.69) is 20.7 Å². The third-order valence-electron chi connectivity index (χ3n) is 5.14. The number of carbonyl (C=O) groups excluding carboxylic acids is 2. The van der Waals surface area contributed by atoms with E-state index in [1.165, 1.54) is 34.6 Å². The number of aromatic amines is 1. The minimum Gasteiger partial charge on any atom is -0.477 e. The highest BCUT2D eigenvalue weighted by Crippen LogP contribution is 2.41. The SMILES string of the molecule is NC(C(=O)NC1C(=O)N2C(C(=O)O)=C(CSc3cn[nH]n3)CS[C@H]12)c1ccc(CO)cc1. The highest BCUT2D eigenvalue weighted by Gasteiger charge is 2.54. The normalized spacial score (nSPS) is 21.1. The van der Waals surface area contributed by atoms with Crippen LogP contribution in [0.25, 0.3) is 0 Å². The summed E-state index contributed by atoms with van der Waals surface area (Å²) in [6.07, 6.45) is 1.53. The molecule has 1 aromatic carbocycles. The predicted octanol–water partition coefficient (Wildman–Crippen LogP) is -0.172. The van der Waals surface area contributed by atoms with Gasteiger partial charge in [-0.25, -0.2) is 4.79 Å². The van der Waals surface area contributed by atoms with Crippen LogP contribution in [0.15, 0.2) is 46.8 Å². The molecule has 13 heteroatoms. The number of aliphatic hydroxyl groups is 1. The van der Waals surface area contributed by atoms with Crippen LogP contribution >= 0.6 is 23.5 Å². The van der Waals surface area contributed by atoms with Gasteiger partial charge in [0.15, 0.2) is 0 Å². The van der Waals surface area contributed by atoms with E-state index in [1.807, 2.05) is 0 Å². The van der Waals surface area contributed by atoms with Gasteiger partial charge in [0, 0.05) is 11.5 Å². The van der Waals surface area contributed by atoms with Gasteiger partial charge in [0.1, 0.15) is 28.2 Å². The maximum atomic E-state index is 12.8. The van der Waals surface area contributed by atoms with Gasteiger partial charge in [-0.05, 0) is 16.7 Å². The molecule has 2 aliphatic rings. The lowest BCUT2D eigenvalue weighted by Crippen LogP contribution is -2.71. The number of hydrogen-bond acceptors (Lipinski definition) is 9. The van der Waals surface area contributed by atoms with Gasteiger partial charge in [-0.3, -0.25) is 14.5 Å². The van der Waals surface area contributed by atoms with E-state index < -0.39 is 35.2 Å². The maximum Gasteiger partial charge on any atom is 0.352 e. The molecule has 11 nitrogen and oxygen atoms in total. The molecule has 168 valence electrons. The molecule has 0 spiro atoms. The van der Waals surface area contributed by atoms with Crippen LogP contribution in [0.1, 0.15) is 17.2 Å². The first-order valence-corrected chi connectivity index (χ1v) is 11.6. The smallest absolute Gasteiger partial charge is 0.352 e. The number of aliphatic hydroxyl groups excluding tert-OH is 1. The molecular weight excluding hydrogens is 456 g/mol. The Hall–Kier alpha value is -2.87. The van der Waals surface area contributed by atoms with Gasteiger partial charge in [0.25, 0.3) is 5.91 Å². The first-order valence-electron chi connectivity index (χ1n) is 9.55. The van der Waals surface area contributed by atoms with Crippen LogP contribution in [-0.2, 0) is 21.0 Å². The van der Waals surface area contributed by atoms with E-state index >= 15 is 0 Å².